The molecule has 2 N–H and O–H groups in total. The number of fused-ring (bicyclic) bond motifs is 1. The minimum Gasteiger partial charge on any atom is -0.493 e. The Morgan fingerprint density at radius 2 is 1.81 bits per heavy atom. The van der Waals surface area contributed by atoms with Crippen molar-refractivity contribution in [2.75, 3.05) is 14.2 Å². The van der Waals surface area contributed by atoms with E-state index in [1.807, 2.05) is 0 Å². The number of methoxy groups -OCH3 is 2. The largest absolute Gasteiger partial charge is 0.493 e. The van der Waals surface area contributed by atoms with Crippen LogP contribution in [-0.4, -0.2) is 27.6 Å². The van der Waals surface area contributed by atoms with E-state index >= 15 is 0 Å². The normalized spacial score (nSPS) is 12.9. The zero-order valence-corrected chi connectivity index (χ0v) is 15.2. The molecule has 0 spiro atoms. The first-order chi connectivity index (χ1) is 12.3. The number of oxazole rings is 1. The SMILES string of the molecule is COc1ccc([C@H](C)NS(=O)(=O)c2ccc3[nH]c(=O)oc3c2)cc1OC. The van der Waals surface area contributed by atoms with Crippen molar-refractivity contribution >= 4 is 21.1 Å². The van der Waals surface area contributed by atoms with Crippen LogP contribution in [0.5, 0.6) is 11.5 Å². The third-order valence-corrected chi connectivity index (χ3v) is 5.48. The van der Waals surface area contributed by atoms with Crippen LogP contribution >= 0.6 is 0 Å². The lowest BCUT2D eigenvalue weighted by Crippen LogP contribution is -2.26. The fraction of sp³-hybridized carbons (Fsp3) is 0.235. The topological polar surface area (TPSA) is 111 Å². The fourth-order valence-corrected chi connectivity index (χ4v) is 3.83. The van der Waals surface area contributed by atoms with E-state index in [-0.39, 0.29) is 10.5 Å². The quantitative estimate of drug-likeness (QED) is 0.680. The molecule has 0 saturated carbocycles. The molecule has 138 valence electrons. The number of ether oxygens (including phenoxy) is 2. The molecule has 0 aliphatic heterocycles. The average molecular weight is 378 g/mol. The van der Waals surface area contributed by atoms with Crippen LogP contribution in [0.3, 0.4) is 0 Å². The highest BCUT2D eigenvalue weighted by molar-refractivity contribution is 7.89. The van der Waals surface area contributed by atoms with Gasteiger partial charge < -0.3 is 13.9 Å². The number of sulfonamides is 1. The third-order valence-electron chi connectivity index (χ3n) is 3.94. The number of nitrogens with one attached hydrogen (secondary N) is 2. The van der Waals surface area contributed by atoms with Crippen molar-refractivity contribution < 1.29 is 22.3 Å². The van der Waals surface area contributed by atoms with Gasteiger partial charge in [0.25, 0.3) is 0 Å². The highest BCUT2D eigenvalue weighted by atomic mass is 32.2. The smallest absolute Gasteiger partial charge is 0.417 e. The number of hydrogen-bond acceptors (Lipinski definition) is 6. The van der Waals surface area contributed by atoms with Crippen LogP contribution in [0.1, 0.15) is 18.5 Å². The van der Waals surface area contributed by atoms with Crippen LogP contribution in [0, 0.1) is 0 Å². The zero-order valence-electron chi connectivity index (χ0n) is 14.4. The second-order valence-corrected chi connectivity index (χ2v) is 7.34. The highest BCUT2D eigenvalue weighted by Gasteiger charge is 2.20. The van der Waals surface area contributed by atoms with Crippen LogP contribution in [0.25, 0.3) is 11.1 Å². The number of rotatable bonds is 6. The van der Waals surface area contributed by atoms with E-state index in [0.29, 0.717) is 22.6 Å². The predicted molar refractivity (Wildman–Crippen MR) is 95.1 cm³/mol. The van der Waals surface area contributed by atoms with Crippen molar-refractivity contribution in [3.63, 3.8) is 0 Å². The van der Waals surface area contributed by atoms with Gasteiger partial charge in [-0.15, -0.1) is 0 Å². The maximum atomic E-state index is 12.6. The lowest BCUT2D eigenvalue weighted by molar-refractivity contribution is 0.354. The number of aromatic nitrogens is 1. The molecule has 1 heterocycles. The Kier molecular flexibility index (Phi) is 4.75. The van der Waals surface area contributed by atoms with E-state index in [1.54, 1.807) is 25.1 Å². The standard InChI is InChI=1S/C17H18N2O6S/c1-10(11-4-7-14(23-2)16(8-11)24-3)19-26(21,22)12-5-6-13-15(9-12)25-17(20)18-13/h4-10,19H,1-3H3,(H,18,20)/t10-/m0/s1. The second kappa shape index (κ2) is 6.85. The van der Waals surface area contributed by atoms with Gasteiger partial charge in [-0.2, -0.15) is 0 Å². The van der Waals surface area contributed by atoms with E-state index in [1.165, 1.54) is 32.4 Å². The van der Waals surface area contributed by atoms with Gasteiger partial charge in [0.05, 0.1) is 24.6 Å². The first-order valence-electron chi connectivity index (χ1n) is 7.71. The molecule has 0 radical (unpaired) electrons. The van der Waals surface area contributed by atoms with Crippen LogP contribution in [0.15, 0.2) is 50.5 Å². The summed E-state index contributed by atoms with van der Waals surface area (Å²) >= 11 is 0. The molecule has 0 bridgehead atoms. The third kappa shape index (κ3) is 3.44. The molecule has 2 aromatic carbocycles. The first-order valence-corrected chi connectivity index (χ1v) is 9.19. The maximum absolute atomic E-state index is 12.6. The van der Waals surface area contributed by atoms with Gasteiger partial charge in [0.1, 0.15) is 0 Å². The van der Waals surface area contributed by atoms with E-state index < -0.39 is 21.8 Å². The van der Waals surface area contributed by atoms with Gasteiger partial charge in [-0.25, -0.2) is 17.9 Å². The van der Waals surface area contributed by atoms with E-state index in [0.717, 1.165) is 0 Å². The monoisotopic (exact) mass is 378 g/mol. The molecular weight excluding hydrogens is 360 g/mol. The summed E-state index contributed by atoms with van der Waals surface area (Å²) in [4.78, 5) is 13.7. The van der Waals surface area contributed by atoms with Gasteiger partial charge >= 0.3 is 5.76 Å². The van der Waals surface area contributed by atoms with Crippen molar-refractivity contribution in [3.8, 4) is 11.5 Å². The van der Waals surface area contributed by atoms with E-state index in [9.17, 15) is 13.2 Å². The summed E-state index contributed by atoms with van der Waals surface area (Å²) in [5.74, 6) is 0.423. The number of H-pyrrole nitrogens is 1. The Labute approximate surface area is 149 Å². The summed E-state index contributed by atoms with van der Waals surface area (Å²) in [6.45, 7) is 1.72. The van der Waals surface area contributed by atoms with Crippen molar-refractivity contribution in [2.24, 2.45) is 0 Å². The average Bonchev–Trinajstić information content (AvgIpc) is 2.99. The highest BCUT2D eigenvalue weighted by Crippen LogP contribution is 2.30. The summed E-state index contributed by atoms with van der Waals surface area (Å²) in [7, 11) is -0.786. The van der Waals surface area contributed by atoms with Gasteiger partial charge in [-0.05, 0) is 36.8 Å². The van der Waals surface area contributed by atoms with E-state index in [4.69, 9.17) is 13.9 Å². The van der Waals surface area contributed by atoms with Gasteiger partial charge in [0.2, 0.25) is 10.0 Å². The Bertz CT molecular complexity index is 1100. The molecule has 8 nitrogen and oxygen atoms in total. The van der Waals surface area contributed by atoms with Crippen molar-refractivity contribution in [1.82, 2.24) is 9.71 Å². The molecule has 0 aliphatic rings. The number of benzene rings is 2. The van der Waals surface area contributed by atoms with E-state index in [2.05, 4.69) is 9.71 Å². The van der Waals surface area contributed by atoms with Crippen molar-refractivity contribution in [3.05, 3.63) is 52.5 Å². The van der Waals surface area contributed by atoms with Crippen LogP contribution in [0.4, 0.5) is 0 Å². The molecule has 1 aromatic heterocycles. The molecule has 0 fully saturated rings. The lowest BCUT2D eigenvalue weighted by atomic mass is 10.1. The molecule has 26 heavy (non-hydrogen) atoms. The second-order valence-electron chi connectivity index (χ2n) is 5.63. The summed E-state index contributed by atoms with van der Waals surface area (Å²) in [6, 6.07) is 8.83. The number of hydrogen-bond donors (Lipinski definition) is 2. The van der Waals surface area contributed by atoms with Gasteiger partial charge in [0, 0.05) is 12.1 Å². The van der Waals surface area contributed by atoms with Crippen LogP contribution in [-0.2, 0) is 10.0 Å². The number of aromatic amines is 1. The first kappa shape index (κ1) is 18.0. The molecule has 3 aromatic rings. The summed E-state index contributed by atoms with van der Waals surface area (Å²) in [6.07, 6.45) is 0. The van der Waals surface area contributed by atoms with Gasteiger partial charge in [-0.3, -0.25) is 4.98 Å². The molecule has 0 saturated heterocycles. The maximum Gasteiger partial charge on any atom is 0.417 e. The molecule has 0 amide bonds. The molecule has 3 rings (SSSR count). The summed E-state index contributed by atoms with van der Waals surface area (Å²) < 4.78 is 43.2. The van der Waals surface area contributed by atoms with Gasteiger partial charge in [0.15, 0.2) is 17.1 Å². The Balaban J connectivity index is 1.89. The Morgan fingerprint density at radius 3 is 2.50 bits per heavy atom. The van der Waals surface area contributed by atoms with Crippen LogP contribution < -0.4 is 20.0 Å². The van der Waals surface area contributed by atoms with Crippen LogP contribution in [0.2, 0.25) is 0 Å². The molecule has 0 unspecified atom stereocenters. The minimum atomic E-state index is -3.82. The molecule has 9 heteroatoms. The van der Waals surface area contributed by atoms with Gasteiger partial charge in [-0.1, -0.05) is 6.07 Å². The Hall–Kier alpha value is -2.78. The summed E-state index contributed by atoms with van der Waals surface area (Å²) in [5, 5.41) is 0. The predicted octanol–water partition coefficient (Wildman–Crippen LogP) is 2.18. The summed E-state index contributed by atoms with van der Waals surface area (Å²) in [5.41, 5.74) is 1.32. The molecule has 1 atom stereocenters. The molecular formula is C17H18N2O6S. The zero-order chi connectivity index (χ0) is 18.9. The molecule has 0 aliphatic carbocycles. The lowest BCUT2D eigenvalue weighted by Gasteiger charge is -2.16. The minimum absolute atomic E-state index is 0.0000710. The van der Waals surface area contributed by atoms with Crippen molar-refractivity contribution in [2.45, 2.75) is 17.9 Å². The Morgan fingerprint density at radius 1 is 1.08 bits per heavy atom. The van der Waals surface area contributed by atoms with Crippen molar-refractivity contribution in [1.29, 1.82) is 0 Å². The fourth-order valence-electron chi connectivity index (χ4n) is 2.58.